The normalized spacial score (nSPS) is 17.6. The van der Waals surface area contributed by atoms with Gasteiger partial charge in [-0.1, -0.05) is 17.7 Å². The Hall–Kier alpha value is -2.24. The van der Waals surface area contributed by atoms with E-state index >= 15 is 0 Å². The van der Waals surface area contributed by atoms with Crippen LogP contribution in [0, 0.1) is 6.92 Å². The number of piperazine rings is 1. The molecule has 2 fully saturated rings. The van der Waals surface area contributed by atoms with Crippen molar-refractivity contribution in [3.8, 4) is 0 Å². The van der Waals surface area contributed by atoms with Crippen molar-refractivity contribution < 1.29 is 4.79 Å². The van der Waals surface area contributed by atoms with Crippen LogP contribution in [0.3, 0.4) is 0 Å². The van der Waals surface area contributed by atoms with E-state index < -0.39 is 0 Å². The van der Waals surface area contributed by atoms with E-state index in [-0.39, 0.29) is 5.91 Å². The third-order valence-corrected chi connectivity index (χ3v) is 6.11. The highest BCUT2D eigenvalue weighted by atomic mass is 35.5. The summed E-state index contributed by atoms with van der Waals surface area (Å²) in [5.41, 5.74) is 4.54. The number of hydrogen-bond acceptors (Lipinski definition) is 4. The molecule has 2 aliphatic heterocycles. The van der Waals surface area contributed by atoms with E-state index in [0.29, 0.717) is 6.54 Å². The maximum absolute atomic E-state index is 12.5. The molecular formula is C23H29ClN4O. The first-order chi connectivity index (χ1) is 14.1. The van der Waals surface area contributed by atoms with Gasteiger partial charge in [0.2, 0.25) is 5.91 Å². The molecule has 0 spiro atoms. The highest BCUT2D eigenvalue weighted by molar-refractivity contribution is 6.30. The number of anilines is 3. The predicted octanol–water partition coefficient (Wildman–Crippen LogP) is 4.01. The smallest absolute Gasteiger partial charge is 0.238 e. The summed E-state index contributed by atoms with van der Waals surface area (Å²) in [6.45, 7) is 8.34. The molecule has 2 heterocycles. The molecule has 5 nitrogen and oxygen atoms in total. The first-order valence-corrected chi connectivity index (χ1v) is 10.8. The Morgan fingerprint density at radius 3 is 2.31 bits per heavy atom. The predicted molar refractivity (Wildman–Crippen MR) is 121 cm³/mol. The molecule has 2 aromatic rings. The molecule has 29 heavy (non-hydrogen) atoms. The molecule has 2 saturated heterocycles. The van der Waals surface area contributed by atoms with Gasteiger partial charge in [0, 0.05) is 61.4 Å². The average molecular weight is 413 g/mol. The minimum absolute atomic E-state index is 0.0475. The van der Waals surface area contributed by atoms with Crippen molar-refractivity contribution >= 4 is 34.6 Å². The minimum atomic E-state index is 0.0475. The Labute approximate surface area is 178 Å². The maximum Gasteiger partial charge on any atom is 0.238 e. The molecule has 6 heteroatoms. The molecule has 2 aliphatic rings. The molecule has 1 amide bonds. The van der Waals surface area contributed by atoms with Crippen molar-refractivity contribution in [3.05, 3.63) is 53.1 Å². The largest absolute Gasteiger partial charge is 0.372 e. The van der Waals surface area contributed by atoms with Crippen LogP contribution >= 0.6 is 11.6 Å². The van der Waals surface area contributed by atoms with E-state index in [0.717, 1.165) is 50.0 Å². The number of rotatable bonds is 5. The van der Waals surface area contributed by atoms with Crippen LogP contribution < -0.4 is 15.1 Å². The van der Waals surface area contributed by atoms with E-state index in [4.69, 9.17) is 11.6 Å². The summed E-state index contributed by atoms with van der Waals surface area (Å²) < 4.78 is 0. The highest BCUT2D eigenvalue weighted by Crippen LogP contribution is 2.25. The summed E-state index contributed by atoms with van der Waals surface area (Å²) in [5, 5.41) is 3.80. The van der Waals surface area contributed by atoms with Gasteiger partial charge in [-0.2, -0.15) is 0 Å². The second kappa shape index (κ2) is 9.06. The number of carbonyl (C=O) groups is 1. The summed E-state index contributed by atoms with van der Waals surface area (Å²) in [6, 6.07) is 14.2. The molecule has 154 valence electrons. The van der Waals surface area contributed by atoms with Gasteiger partial charge in [0.25, 0.3) is 0 Å². The number of nitrogens with one attached hydrogen (secondary N) is 1. The van der Waals surface area contributed by atoms with Gasteiger partial charge in [-0.15, -0.1) is 0 Å². The fraction of sp³-hybridized carbons (Fsp3) is 0.435. The maximum atomic E-state index is 12.5. The van der Waals surface area contributed by atoms with Gasteiger partial charge >= 0.3 is 0 Å². The fourth-order valence-corrected chi connectivity index (χ4v) is 4.37. The fourth-order valence-electron chi connectivity index (χ4n) is 4.20. The number of aryl methyl sites for hydroxylation is 1. The van der Waals surface area contributed by atoms with Gasteiger partial charge in [-0.05, 0) is 61.7 Å². The lowest BCUT2D eigenvalue weighted by Crippen LogP contribution is -2.48. The van der Waals surface area contributed by atoms with Crippen LogP contribution in [-0.4, -0.2) is 56.6 Å². The molecule has 0 aromatic heterocycles. The molecule has 0 bridgehead atoms. The van der Waals surface area contributed by atoms with Gasteiger partial charge in [0.05, 0.1) is 6.54 Å². The van der Waals surface area contributed by atoms with Crippen LogP contribution in [0.15, 0.2) is 42.5 Å². The molecule has 0 aliphatic carbocycles. The molecule has 0 unspecified atom stereocenters. The quantitative estimate of drug-likeness (QED) is 0.805. The van der Waals surface area contributed by atoms with Crippen LogP contribution in [0.2, 0.25) is 5.02 Å². The minimum Gasteiger partial charge on any atom is -0.372 e. The van der Waals surface area contributed by atoms with Crippen molar-refractivity contribution in [2.75, 3.05) is 60.9 Å². The Bertz CT molecular complexity index is 840. The molecule has 4 rings (SSSR count). The Morgan fingerprint density at radius 2 is 1.62 bits per heavy atom. The summed E-state index contributed by atoms with van der Waals surface area (Å²) >= 11 is 6.16. The van der Waals surface area contributed by atoms with Crippen LogP contribution in [0.4, 0.5) is 17.1 Å². The van der Waals surface area contributed by atoms with Crippen molar-refractivity contribution in [2.24, 2.45) is 0 Å². The van der Waals surface area contributed by atoms with Crippen molar-refractivity contribution in [1.29, 1.82) is 0 Å². The number of hydrogen-bond donors (Lipinski definition) is 1. The topological polar surface area (TPSA) is 38.8 Å². The van der Waals surface area contributed by atoms with Crippen LogP contribution in [-0.2, 0) is 4.79 Å². The van der Waals surface area contributed by atoms with E-state index in [2.05, 4.69) is 45.1 Å². The number of carbonyl (C=O) groups excluding carboxylic acids is 1. The van der Waals surface area contributed by atoms with Crippen molar-refractivity contribution in [2.45, 2.75) is 19.8 Å². The Balaban J connectivity index is 1.26. The molecular weight excluding hydrogens is 384 g/mol. The van der Waals surface area contributed by atoms with Crippen molar-refractivity contribution in [1.82, 2.24) is 4.90 Å². The van der Waals surface area contributed by atoms with Crippen LogP contribution in [0.5, 0.6) is 0 Å². The lowest BCUT2D eigenvalue weighted by molar-refractivity contribution is -0.117. The standard InChI is InChI=1S/C23H29ClN4O/c1-18-4-5-19(24)16-22(18)28-14-12-26(13-15-28)17-23(29)25-20-6-8-21(9-7-20)27-10-2-3-11-27/h4-9,16H,2-3,10-15,17H2,1H3,(H,25,29). The number of nitrogens with zero attached hydrogens (tertiary/aromatic N) is 3. The highest BCUT2D eigenvalue weighted by Gasteiger charge is 2.20. The summed E-state index contributed by atoms with van der Waals surface area (Å²) in [4.78, 5) is 19.4. The summed E-state index contributed by atoms with van der Waals surface area (Å²) in [7, 11) is 0. The summed E-state index contributed by atoms with van der Waals surface area (Å²) in [5.74, 6) is 0.0475. The van der Waals surface area contributed by atoms with Gasteiger partial charge in [0.1, 0.15) is 0 Å². The SMILES string of the molecule is Cc1ccc(Cl)cc1N1CCN(CC(=O)Nc2ccc(N3CCCC3)cc2)CC1. The average Bonchev–Trinajstić information content (AvgIpc) is 3.26. The van der Waals surface area contributed by atoms with Gasteiger partial charge < -0.3 is 15.1 Å². The molecule has 0 atom stereocenters. The lowest BCUT2D eigenvalue weighted by Gasteiger charge is -2.36. The van der Waals surface area contributed by atoms with E-state index in [1.54, 1.807) is 0 Å². The zero-order valence-corrected chi connectivity index (χ0v) is 17.8. The van der Waals surface area contributed by atoms with Gasteiger partial charge in [0.15, 0.2) is 0 Å². The first kappa shape index (κ1) is 20.0. The third-order valence-electron chi connectivity index (χ3n) is 5.87. The third kappa shape index (κ3) is 5.03. The van der Waals surface area contributed by atoms with E-state index in [9.17, 15) is 4.79 Å². The number of amides is 1. The lowest BCUT2D eigenvalue weighted by atomic mass is 10.1. The van der Waals surface area contributed by atoms with Crippen molar-refractivity contribution in [3.63, 3.8) is 0 Å². The molecule has 1 N–H and O–H groups in total. The second-order valence-electron chi connectivity index (χ2n) is 7.98. The monoisotopic (exact) mass is 412 g/mol. The zero-order chi connectivity index (χ0) is 20.2. The molecule has 2 aromatic carbocycles. The van der Waals surface area contributed by atoms with Crippen LogP contribution in [0.1, 0.15) is 18.4 Å². The van der Waals surface area contributed by atoms with Crippen LogP contribution in [0.25, 0.3) is 0 Å². The Kier molecular flexibility index (Phi) is 6.26. The summed E-state index contributed by atoms with van der Waals surface area (Å²) in [6.07, 6.45) is 2.53. The van der Waals surface area contributed by atoms with Gasteiger partial charge in [-0.3, -0.25) is 9.69 Å². The van der Waals surface area contributed by atoms with Gasteiger partial charge in [-0.25, -0.2) is 0 Å². The zero-order valence-electron chi connectivity index (χ0n) is 17.0. The molecule has 0 saturated carbocycles. The number of benzene rings is 2. The first-order valence-electron chi connectivity index (χ1n) is 10.5. The van der Waals surface area contributed by atoms with E-state index in [1.165, 1.54) is 29.8 Å². The molecule has 0 radical (unpaired) electrons. The Morgan fingerprint density at radius 1 is 0.931 bits per heavy atom. The second-order valence-corrected chi connectivity index (χ2v) is 8.42. The van der Waals surface area contributed by atoms with E-state index in [1.807, 2.05) is 24.3 Å². The number of halogens is 1.